The van der Waals surface area contributed by atoms with Gasteiger partial charge in [0.1, 0.15) is 0 Å². The van der Waals surface area contributed by atoms with Crippen molar-refractivity contribution in [1.82, 2.24) is 0 Å². The van der Waals surface area contributed by atoms with Crippen LogP contribution in [0.3, 0.4) is 0 Å². The van der Waals surface area contributed by atoms with Crippen LogP contribution in [-0.2, 0) is 12.8 Å². The first kappa shape index (κ1) is 10.8. The lowest BCUT2D eigenvalue weighted by atomic mass is 9.82. The summed E-state index contributed by atoms with van der Waals surface area (Å²) in [5.41, 5.74) is 7.29. The zero-order chi connectivity index (χ0) is 12.8. The summed E-state index contributed by atoms with van der Waals surface area (Å²) in [5, 5.41) is 2.79. The van der Waals surface area contributed by atoms with Crippen molar-refractivity contribution in [3.05, 3.63) is 71.3 Å². The van der Waals surface area contributed by atoms with Crippen molar-refractivity contribution in [3.63, 3.8) is 0 Å². The number of hydrogen-bond acceptors (Lipinski definition) is 0. The Balaban J connectivity index is 2.17. The predicted molar refractivity (Wildman–Crippen MR) is 81.5 cm³/mol. The van der Waals surface area contributed by atoms with E-state index in [1.807, 2.05) is 0 Å². The molecule has 0 N–H and O–H groups in total. The van der Waals surface area contributed by atoms with Crippen LogP contribution in [0.5, 0.6) is 0 Å². The van der Waals surface area contributed by atoms with Crippen molar-refractivity contribution < 1.29 is 0 Å². The molecule has 0 aliphatic heterocycles. The van der Waals surface area contributed by atoms with Gasteiger partial charge in [-0.1, -0.05) is 54.6 Å². The molecular formula is C19H16. The lowest BCUT2D eigenvalue weighted by Gasteiger charge is -2.22. The highest BCUT2D eigenvalue weighted by Crippen LogP contribution is 2.39. The van der Waals surface area contributed by atoms with Gasteiger partial charge in [0.15, 0.2) is 0 Å². The molecule has 92 valence electrons. The van der Waals surface area contributed by atoms with Gasteiger partial charge >= 0.3 is 0 Å². The van der Waals surface area contributed by atoms with Gasteiger partial charge < -0.3 is 0 Å². The molecule has 0 unspecified atom stereocenters. The van der Waals surface area contributed by atoms with E-state index in [9.17, 15) is 0 Å². The molecule has 0 nitrogen and oxygen atoms in total. The van der Waals surface area contributed by atoms with Crippen molar-refractivity contribution in [2.75, 3.05) is 0 Å². The molecule has 19 heavy (non-hydrogen) atoms. The molecule has 0 saturated carbocycles. The van der Waals surface area contributed by atoms with Crippen molar-refractivity contribution >= 4 is 10.8 Å². The van der Waals surface area contributed by atoms with Crippen molar-refractivity contribution in [3.8, 4) is 11.1 Å². The summed E-state index contributed by atoms with van der Waals surface area (Å²) in [7, 11) is 0. The highest BCUT2D eigenvalue weighted by atomic mass is 14.2. The van der Waals surface area contributed by atoms with Gasteiger partial charge in [-0.05, 0) is 58.4 Å². The Morgan fingerprint density at radius 3 is 2.32 bits per heavy atom. The fraction of sp³-hybridized carbons (Fsp3) is 0.158. The van der Waals surface area contributed by atoms with Crippen LogP contribution in [-0.4, -0.2) is 0 Å². The average molecular weight is 244 g/mol. The zero-order valence-electron chi connectivity index (χ0n) is 11.1. The molecule has 0 aromatic heterocycles. The quantitative estimate of drug-likeness (QED) is 0.527. The minimum absolute atomic E-state index is 1.16. The van der Waals surface area contributed by atoms with Crippen LogP contribution in [0, 0.1) is 6.92 Å². The molecule has 0 fully saturated rings. The third kappa shape index (κ3) is 1.53. The number of rotatable bonds is 0. The summed E-state index contributed by atoms with van der Waals surface area (Å²) in [4.78, 5) is 0. The zero-order valence-corrected chi connectivity index (χ0v) is 11.1. The lowest BCUT2D eigenvalue weighted by Crippen LogP contribution is -2.05. The van der Waals surface area contributed by atoms with Crippen LogP contribution in [0.4, 0.5) is 0 Å². The maximum atomic E-state index is 2.38. The maximum Gasteiger partial charge on any atom is -0.00702 e. The van der Waals surface area contributed by atoms with Crippen LogP contribution >= 0.6 is 0 Å². The summed E-state index contributed by atoms with van der Waals surface area (Å²) < 4.78 is 0. The van der Waals surface area contributed by atoms with E-state index < -0.39 is 0 Å². The standard InChI is InChI=1S/C19H16/c1-13-12-15-11-10-14-6-2-3-8-17(14)19(15)18-9-5-4-7-16(13)18/h2-9,12H,10-11H2,1H3. The molecule has 0 atom stereocenters. The van der Waals surface area contributed by atoms with Gasteiger partial charge in [-0.3, -0.25) is 0 Å². The van der Waals surface area contributed by atoms with E-state index in [-0.39, 0.29) is 0 Å². The van der Waals surface area contributed by atoms with Gasteiger partial charge in [0.25, 0.3) is 0 Å². The molecule has 0 heteroatoms. The maximum absolute atomic E-state index is 2.38. The van der Waals surface area contributed by atoms with Crippen LogP contribution in [0.2, 0.25) is 0 Å². The van der Waals surface area contributed by atoms with Crippen LogP contribution < -0.4 is 0 Å². The second-order valence-corrected chi connectivity index (χ2v) is 5.43. The van der Waals surface area contributed by atoms with E-state index in [0.29, 0.717) is 0 Å². The van der Waals surface area contributed by atoms with Crippen molar-refractivity contribution in [1.29, 1.82) is 0 Å². The third-order valence-electron chi connectivity index (χ3n) is 4.28. The SMILES string of the molecule is Cc1cc2c(c3ccccc13)-c1ccccc1CC2. The molecule has 0 saturated heterocycles. The van der Waals surface area contributed by atoms with Gasteiger partial charge in [0, 0.05) is 0 Å². The van der Waals surface area contributed by atoms with Gasteiger partial charge in [0.2, 0.25) is 0 Å². The first-order valence-corrected chi connectivity index (χ1v) is 6.94. The summed E-state index contributed by atoms with van der Waals surface area (Å²) in [6.45, 7) is 2.23. The fourth-order valence-electron chi connectivity index (χ4n) is 3.40. The molecule has 0 amide bonds. The van der Waals surface area contributed by atoms with Crippen molar-refractivity contribution in [2.24, 2.45) is 0 Å². The Hall–Kier alpha value is -2.08. The Morgan fingerprint density at radius 2 is 1.42 bits per heavy atom. The second-order valence-electron chi connectivity index (χ2n) is 5.43. The van der Waals surface area contributed by atoms with Crippen LogP contribution in [0.1, 0.15) is 16.7 Å². The summed E-state index contributed by atoms with van der Waals surface area (Å²) in [6, 6.07) is 20.0. The normalized spacial score (nSPS) is 13.1. The smallest absolute Gasteiger partial charge is 0.00702 e. The molecule has 0 heterocycles. The molecule has 3 aromatic rings. The van der Waals surface area contributed by atoms with Gasteiger partial charge in [-0.25, -0.2) is 0 Å². The predicted octanol–water partition coefficient (Wildman–Crippen LogP) is 4.91. The number of hydrogen-bond donors (Lipinski definition) is 0. The fourth-order valence-corrected chi connectivity index (χ4v) is 3.40. The molecule has 1 aliphatic carbocycles. The topological polar surface area (TPSA) is 0 Å². The third-order valence-corrected chi connectivity index (χ3v) is 4.28. The number of fused-ring (bicyclic) bond motifs is 5. The Bertz CT molecular complexity index is 781. The Kier molecular flexibility index (Phi) is 2.25. The Labute approximate surface area is 113 Å². The summed E-state index contributed by atoms with van der Waals surface area (Å²) >= 11 is 0. The highest BCUT2D eigenvalue weighted by molar-refractivity contribution is 6.01. The van der Waals surface area contributed by atoms with Crippen LogP contribution in [0.15, 0.2) is 54.6 Å². The van der Waals surface area contributed by atoms with Gasteiger partial charge in [0.05, 0.1) is 0 Å². The van der Waals surface area contributed by atoms with Crippen LogP contribution in [0.25, 0.3) is 21.9 Å². The monoisotopic (exact) mass is 244 g/mol. The first-order valence-electron chi connectivity index (χ1n) is 6.94. The lowest BCUT2D eigenvalue weighted by molar-refractivity contribution is 0.943. The molecule has 4 rings (SSSR count). The molecule has 0 bridgehead atoms. The largest absolute Gasteiger partial charge is 0.0620 e. The van der Waals surface area contributed by atoms with E-state index in [1.54, 1.807) is 0 Å². The number of benzene rings is 3. The highest BCUT2D eigenvalue weighted by Gasteiger charge is 2.18. The molecule has 1 aliphatic rings. The minimum atomic E-state index is 1.16. The van der Waals surface area contributed by atoms with Gasteiger partial charge in [-0.2, -0.15) is 0 Å². The van der Waals surface area contributed by atoms with Crippen molar-refractivity contribution in [2.45, 2.75) is 19.8 Å². The van der Waals surface area contributed by atoms with E-state index >= 15 is 0 Å². The average Bonchev–Trinajstić information content (AvgIpc) is 2.47. The second kappa shape index (κ2) is 3.96. The molecule has 3 aromatic carbocycles. The molecular weight excluding hydrogens is 228 g/mol. The van der Waals surface area contributed by atoms with E-state index in [2.05, 4.69) is 61.5 Å². The van der Waals surface area contributed by atoms with Gasteiger partial charge in [-0.15, -0.1) is 0 Å². The van der Waals surface area contributed by atoms with E-state index in [1.165, 1.54) is 45.0 Å². The Morgan fingerprint density at radius 1 is 0.737 bits per heavy atom. The molecule has 0 radical (unpaired) electrons. The van der Waals surface area contributed by atoms with E-state index in [0.717, 1.165) is 6.42 Å². The summed E-state index contributed by atoms with van der Waals surface area (Å²) in [5.74, 6) is 0. The van der Waals surface area contributed by atoms with E-state index in [4.69, 9.17) is 0 Å². The summed E-state index contributed by atoms with van der Waals surface area (Å²) in [6.07, 6.45) is 2.33. The molecule has 0 spiro atoms. The minimum Gasteiger partial charge on any atom is -0.0620 e. The number of aryl methyl sites for hydroxylation is 3. The first-order chi connectivity index (χ1) is 9.34.